The van der Waals surface area contributed by atoms with Crippen molar-refractivity contribution in [2.45, 2.75) is 19.3 Å². The average Bonchev–Trinajstić information content (AvgIpc) is 2.61. The number of nitrogens with one attached hydrogen (secondary N) is 2. The summed E-state index contributed by atoms with van der Waals surface area (Å²) >= 11 is 0. The lowest BCUT2D eigenvalue weighted by atomic mass is 9.99. The zero-order chi connectivity index (χ0) is 15.9. The number of anilines is 1. The minimum absolute atomic E-state index is 0.185. The van der Waals surface area contributed by atoms with Gasteiger partial charge >= 0.3 is 0 Å². The number of hydrogen-bond acceptors (Lipinski definition) is 5. The molecule has 0 unspecified atom stereocenters. The van der Waals surface area contributed by atoms with E-state index < -0.39 is 0 Å². The van der Waals surface area contributed by atoms with E-state index >= 15 is 0 Å². The number of morpholine rings is 1. The second kappa shape index (κ2) is 8.43. The first-order chi connectivity index (χ1) is 11.3. The number of rotatable bonds is 7. The number of carbonyl (C=O) groups is 1. The summed E-state index contributed by atoms with van der Waals surface area (Å²) in [5.74, 6) is 0.185. The fraction of sp³-hybridized carbons (Fsp3) is 0.611. The van der Waals surface area contributed by atoms with Crippen molar-refractivity contribution in [3.63, 3.8) is 0 Å². The standard InChI is InChI=1S/C18H27N3O2/c22-18(14-19-6-2-8-21-9-11-23-12-10-21)16-4-5-17-15(13-16)3-1-7-20-17/h4-5,13,19-20H,1-3,6-12,14H2. The highest BCUT2D eigenvalue weighted by Crippen LogP contribution is 2.22. The summed E-state index contributed by atoms with van der Waals surface area (Å²) in [5.41, 5.74) is 3.29. The van der Waals surface area contributed by atoms with Crippen molar-refractivity contribution in [1.29, 1.82) is 0 Å². The Labute approximate surface area is 138 Å². The quantitative estimate of drug-likeness (QED) is 0.590. The molecule has 5 nitrogen and oxygen atoms in total. The molecule has 0 atom stereocenters. The zero-order valence-electron chi connectivity index (χ0n) is 13.8. The van der Waals surface area contributed by atoms with Crippen molar-refractivity contribution in [1.82, 2.24) is 10.2 Å². The van der Waals surface area contributed by atoms with Crippen molar-refractivity contribution in [3.8, 4) is 0 Å². The van der Waals surface area contributed by atoms with E-state index in [1.54, 1.807) is 0 Å². The minimum atomic E-state index is 0.185. The lowest BCUT2D eigenvalue weighted by Crippen LogP contribution is -2.38. The number of ether oxygens (including phenoxy) is 1. The molecule has 0 aromatic heterocycles. The van der Waals surface area contributed by atoms with Crippen LogP contribution in [0.2, 0.25) is 0 Å². The smallest absolute Gasteiger partial charge is 0.176 e. The Morgan fingerprint density at radius 3 is 3.04 bits per heavy atom. The first-order valence-corrected chi connectivity index (χ1v) is 8.74. The number of aryl methyl sites for hydroxylation is 1. The summed E-state index contributed by atoms with van der Waals surface area (Å²) in [4.78, 5) is 14.7. The van der Waals surface area contributed by atoms with Gasteiger partial charge in [0, 0.05) is 30.9 Å². The van der Waals surface area contributed by atoms with Gasteiger partial charge in [-0.15, -0.1) is 0 Å². The summed E-state index contributed by atoms with van der Waals surface area (Å²) < 4.78 is 5.34. The molecule has 2 N–H and O–H groups in total. The summed E-state index contributed by atoms with van der Waals surface area (Å²) in [6, 6.07) is 6.04. The van der Waals surface area contributed by atoms with Crippen LogP contribution < -0.4 is 10.6 Å². The van der Waals surface area contributed by atoms with Crippen molar-refractivity contribution < 1.29 is 9.53 Å². The Kier molecular flexibility index (Phi) is 6.02. The molecule has 0 aliphatic carbocycles. The topological polar surface area (TPSA) is 53.6 Å². The fourth-order valence-electron chi connectivity index (χ4n) is 3.20. The predicted molar refractivity (Wildman–Crippen MR) is 92.3 cm³/mol. The van der Waals surface area contributed by atoms with Gasteiger partial charge in [-0.3, -0.25) is 9.69 Å². The van der Waals surface area contributed by atoms with Crippen molar-refractivity contribution in [2.24, 2.45) is 0 Å². The highest BCUT2D eigenvalue weighted by Gasteiger charge is 2.13. The van der Waals surface area contributed by atoms with Gasteiger partial charge in [0.25, 0.3) is 0 Å². The van der Waals surface area contributed by atoms with Gasteiger partial charge < -0.3 is 15.4 Å². The summed E-state index contributed by atoms with van der Waals surface area (Å²) in [6.45, 7) is 7.17. The van der Waals surface area contributed by atoms with Crippen molar-refractivity contribution in [3.05, 3.63) is 29.3 Å². The molecule has 0 bridgehead atoms. The van der Waals surface area contributed by atoms with Crippen LogP contribution in [0.4, 0.5) is 5.69 Å². The third kappa shape index (κ3) is 4.77. The molecule has 5 heteroatoms. The molecule has 1 aromatic rings. The highest BCUT2D eigenvalue weighted by atomic mass is 16.5. The number of ketones is 1. The molecule has 1 fully saturated rings. The van der Waals surface area contributed by atoms with Crippen LogP contribution in [-0.4, -0.2) is 63.2 Å². The first kappa shape index (κ1) is 16.4. The third-order valence-corrected chi connectivity index (χ3v) is 4.58. The van der Waals surface area contributed by atoms with E-state index in [1.165, 1.54) is 11.3 Å². The average molecular weight is 317 g/mol. The van der Waals surface area contributed by atoms with Crippen LogP contribution in [0.15, 0.2) is 18.2 Å². The van der Waals surface area contributed by atoms with E-state index in [4.69, 9.17) is 4.74 Å². The molecule has 1 saturated heterocycles. The Hall–Kier alpha value is -1.43. The van der Waals surface area contributed by atoms with E-state index in [9.17, 15) is 4.79 Å². The number of Topliss-reactive ketones (excluding diaryl/α,β-unsaturated/α-hetero) is 1. The minimum Gasteiger partial charge on any atom is -0.385 e. The second-order valence-electron chi connectivity index (χ2n) is 6.31. The van der Waals surface area contributed by atoms with E-state index in [-0.39, 0.29) is 5.78 Å². The van der Waals surface area contributed by atoms with Crippen LogP contribution in [0.25, 0.3) is 0 Å². The maximum Gasteiger partial charge on any atom is 0.176 e. The van der Waals surface area contributed by atoms with Gasteiger partial charge in [-0.2, -0.15) is 0 Å². The molecule has 3 rings (SSSR count). The van der Waals surface area contributed by atoms with Crippen molar-refractivity contribution >= 4 is 11.5 Å². The molecule has 1 aromatic carbocycles. The Bertz CT molecular complexity index is 527. The van der Waals surface area contributed by atoms with Gasteiger partial charge in [-0.1, -0.05) is 0 Å². The zero-order valence-corrected chi connectivity index (χ0v) is 13.8. The molecule has 2 aliphatic rings. The predicted octanol–water partition coefficient (Wildman–Crippen LogP) is 1.54. The molecular weight excluding hydrogens is 290 g/mol. The normalized spacial score (nSPS) is 18.3. The Morgan fingerprint density at radius 1 is 1.30 bits per heavy atom. The molecule has 0 amide bonds. The first-order valence-electron chi connectivity index (χ1n) is 8.74. The van der Waals surface area contributed by atoms with Gasteiger partial charge in [0.1, 0.15) is 0 Å². The van der Waals surface area contributed by atoms with E-state index in [0.717, 1.165) is 70.8 Å². The van der Waals surface area contributed by atoms with Crippen LogP contribution in [0.3, 0.4) is 0 Å². The summed E-state index contributed by atoms with van der Waals surface area (Å²) in [5, 5.41) is 6.66. The van der Waals surface area contributed by atoms with Gasteiger partial charge in [0.15, 0.2) is 5.78 Å². The Balaban J connectivity index is 1.37. The van der Waals surface area contributed by atoms with Crippen LogP contribution in [0.1, 0.15) is 28.8 Å². The Morgan fingerprint density at radius 2 is 2.17 bits per heavy atom. The molecule has 0 saturated carbocycles. The molecule has 0 spiro atoms. The van der Waals surface area contributed by atoms with Gasteiger partial charge in [-0.05, 0) is 56.1 Å². The van der Waals surface area contributed by atoms with Crippen LogP contribution in [-0.2, 0) is 11.2 Å². The van der Waals surface area contributed by atoms with Gasteiger partial charge in [-0.25, -0.2) is 0 Å². The maximum atomic E-state index is 12.3. The van der Waals surface area contributed by atoms with Crippen LogP contribution in [0, 0.1) is 0 Å². The third-order valence-electron chi connectivity index (χ3n) is 4.58. The molecule has 0 radical (unpaired) electrons. The number of benzene rings is 1. The molecule has 126 valence electrons. The lowest BCUT2D eigenvalue weighted by molar-refractivity contribution is 0.0375. The van der Waals surface area contributed by atoms with E-state index in [0.29, 0.717) is 6.54 Å². The summed E-state index contributed by atoms with van der Waals surface area (Å²) in [7, 11) is 0. The van der Waals surface area contributed by atoms with Crippen LogP contribution in [0.5, 0.6) is 0 Å². The number of fused-ring (bicyclic) bond motifs is 1. The fourth-order valence-corrected chi connectivity index (χ4v) is 3.20. The highest BCUT2D eigenvalue weighted by molar-refractivity contribution is 5.98. The largest absolute Gasteiger partial charge is 0.385 e. The second-order valence-corrected chi connectivity index (χ2v) is 6.31. The monoisotopic (exact) mass is 317 g/mol. The van der Waals surface area contributed by atoms with Crippen molar-refractivity contribution in [2.75, 3.05) is 57.8 Å². The summed E-state index contributed by atoms with van der Waals surface area (Å²) in [6.07, 6.45) is 3.28. The maximum absolute atomic E-state index is 12.3. The van der Waals surface area contributed by atoms with Gasteiger partial charge in [0.2, 0.25) is 0 Å². The van der Waals surface area contributed by atoms with Crippen LogP contribution >= 0.6 is 0 Å². The van der Waals surface area contributed by atoms with E-state index in [1.807, 2.05) is 12.1 Å². The molecule has 2 aliphatic heterocycles. The number of nitrogens with zero attached hydrogens (tertiary/aromatic N) is 1. The molecule has 2 heterocycles. The molecular formula is C18H27N3O2. The number of hydrogen-bond donors (Lipinski definition) is 2. The van der Waals surface area contributed by atoms with E-state index in [2.05, 4.69) is 21.6 Å². The molecule has 23 heavy (non-hydrogen) atoms. The number of carbonyl (C=O) groups excluding carboxylic acids is 1. The lowest BCUT2D eigenvalue weighted by Gasteiger charge is -2.26. The van der Waals surface area contributed by atoms with Gasteiger partial charge in [0.05, 0.1) is 19.8 Å². The SMILES string of the molecule is O=C(CNCCCN1CCOCC1)c1ccc2c(c1)CCCN2.